The van der Waals surface area contributed by atoms with Crippen LogP contribution in [-0.4, -0.2) is 15.3 Å². The number of rotatable bonds is 5. The minimum Gasteiger partial charge on any atom is -0.487 e. The van der Waals surface area contributed by atoms with E-state index in [9.17, 15) is 9.59 Å². The van der Waals surface area contributed by atoms with E-state index in [1.54, 1.807) is 48.5 Å². The number of pyridine rings is 1. The maximum atomic E-state index is 12.7. The summed E-state index contributed by atoms with van der Waals surface area (Å²) in [5.74, 6) is 0.305. The Kier molecular flexibility index (Phi) is 4.68. The highest BCUT2D eigenvalue weighted by atomic mass is 16.5. The molecule has 1 amide bonds. The van der Waals surface area contributed by atoms with Gasteiger partial charge in [0.25, 0.3) is 5.91 Å². The Hall–Kier alpha value is -4.39. The van der Waals surface area contributed by atoms with Crippen molar-refractivity contribution in [1.82, 2.24) is 9.38 Å². The maximum Gasteiger partial charge on any atom is 0.336 e. The molecular formula is C24H17N3O4. The third-order valence-electron chi connectivity index (χ3n) is 4.77. The molecule has 5 aromatic rings. The summed E-state index contributed by atoms with van der Waals surface area (Å²) in [5.41, 5.74) is 2.76. The number of nitrogens with one attached hydrogen (secondary N) is 1. The molecule has 7 nitrogen and oxygen atoms in total. The Morgan fingerprint density at radius 3 is 2.87 bits per heavy atom. The van der Waals surface area contributed by atoms with Crippen LogP contribution in [0.5, 0.6) is 5.75 Å². The Balaban J connectivity index is 1.29. The van der Waals surface area contributed by atoms with Crippen molar-refractivity contribution in [1.29, 1.82) is 0 Å². The Morgan fingerprint density at radius 1 is 1.03 bits per heavy atom. The van der Waals surface area contributed by atoms with Crippen molar-refractivity contribution in [2.75, 3.05) is 5.32 Å². The second-order valence-corrected chi connectivity index (χ2v) is 6.98. The van der Waals surface area contributed by atoms with E-state index < -0.39 is 5.63 Å². The largest absolute Gasteiger partial charge is 0.487 e. The van der Waals surface area contributed by atoms with Gasteiger partial charge in [0.1, 0.15) is 23.6 Å². The number of ether oxygens (including phenoxy) is 1. The first kappa shape index (κ1) is 18.6. The molecule has 0 unspecified atom stereocenters. The Morgan fingerprint density at radius 2 is 1.97 bits per heavy atom. The van der Waals surface area contributed by atoms with Crippen LogP contribution < -0.4 is 15.7 Å². The lowest BCUT2D eigenvalue weighted by Gasteiger charge is -2.08. The first-order valence-electron chi connectivity index (χ1n) is 9.65. The molecule has 0 saturated carbocycles. The first-order valence-corrected chi connectivity index (χ1v) is 9.65. The number of imidazole rings is 1. The number of hydrogen-bond acceptors (Lipinski definition) is 5. The van der Waals surface area contributed by atoms with E-state index in [4.69, 9.17) is 9.15 Å². The molecule has 3 heterocycles. The smallest absolute Gasteiger partial charge is 0.336 e. The minimum atomic E-state index is -0.412. The van der Waals surface area contributed by atoms with Gasteiger partial charge in [-0.3, -0.25) is 4.79 Å². The molecule has 3 aromatic heterocycles. The lowest BCUT2D eigenvalue weighted by molar-refractivity contribution is 0.102. The van der Waals surface area contributed by atoms with Crippen LogP contribution in [0.3, 0.4) is 0 Å². The maximum absolute atomic E-state index is 12.7. The van der Waals surface area contributed by atoms with Gasteiger partial charge in [-0.1, -0.05) is 12.1 Å². The summed E-state index contributed by atoms with van der Waals surface area (Å²) in [6.07, 6.45) is 3.84. The number of anilines is 1. The highest BCUT2D eigenvalue weighted by Crippen LogP contribution is 2.20. The van der Waals surface area contributed by atoms with Crippen molar-refractivity contribution in [3.05, 3.63) is 107 Å². The molecule has 152 valence electrons. The van der Waals surface area contributed by atoms with Crippen LogP contribution in [0.25, 0.3) is 16.6 Å². The molecule has 1 N–H and O–H groups in total. The quantitative estimate of drug-likeness (QED) is 0.437. The van der Waals surface area contributed by atoms with Gasteiger partial charge in [-0.15, -0.1) is 0 Å². The number of benzene rings is 2. The molecule has 31 heavy (non-hydrogen) atoms. The average molecular weight is 411 g/mol. The van der Waals surface area contributed by atoms with Gasteiger partial charge in [0.2, 0.25) is 0 Å². The predicted octanol–water partition coefficient (Wildman–Crippen LogP) is 4.27. The predicted molar refractivity (Wildman–Crippen MR) is 116 cm³/mol. The van der Waals surface area contributed by atoms with Crippen molar-refractivity contribution in [3.63, 3.8) is 0 Å². The van der Waals surface area contributed by atoms with E-state index in [-0.39, 0.29) is 5.91 Å². The standard InChI is InChI=1S/C24H17N3O4/c28-23-10-7-16-12-18(8-9-21(16)31-23)26-24(29)17-4-3-5-20(13-17)30-15-19-14-27-11-2-1-6-22(27)25-19/h1-14H,15H2,(H,26,29). The van der Waals surface area contributed by atoms with Crippen LogP contribution in [0, 0.1) is 0 Å². The normalized spacial score (nSPS) is 11.0. The van der Waals surface area contributed by atoms with Gasteiger partial charge in [0.05, 0.1) is 5.69 Å². The fourth-order valence-corrected chi connectivity index (χ4v) is 3.29. The number of nitrogens with zero attached hydrogens (tertiary/aromatic N) is 2. The van der Waals surface area contributed by atoms with E-state index in [0.29, 0.717) is 29.2 Å². The number of hydrogen-bond donors (Lipinski definition) is 1. The molecule has 0 atom stereocenters. The summed E-state index contributed by atoms with van der Waals surface area (Å²) in [6, 6.07) is 20.9. The summed E-state index contributed by atoms with van der Waals surface area (Å²) in [5, 5.41) is 3.58. The number of carbonyl (C=O) groups excluding carboxylic acids is 1. The third-order valence-corrected chi connectivity index (χ3v) is 4.77. The van der Waals surface area contributed by atoms with Crippen molar-refractivity contribution in [2.24, 2.45) is 0 Å². The average Bonchev–Trinajstić information content (AvgIpc) is 3.21. The SMILES string of the molecule is O=C(Nc1ccc2oc(=O)ccc2c1)c1cccc(OCc2cn3ccccc3n2)c1. The second-order valence-electron chi connectivity index (χ2n) is 6.98. The minimum absolute atomic E-state index is 0.269. The lowest BCUT2D eigenvalue weighted by atomic mass is 10.1. The zero-order valence-electron chi connectivity index (χ0n) is 16.3. The number of aromatic nitrogens is 2. The fourth-order valence-electron chi connectivity index (χ4n) is 3.29. The first-order chi connectivity index (χ1) is 15.1. The van der Waals surface area contributed by atoms with E-state index >= 15 is 0 Å². The zero-order chi connectivity index (χ0) is 21.2. The van der Waals surface area contributed by atoms with Gasteiger partial charge >= 0.3 is 5.63 Å². The number of carbonyl (C=O) groups is 1. The van der Waals surface area contributed by atoms with Crippen molar-refractivity contribution in [2.45, 2.75) is 6.61 Å². The molecule has 2 aromatic carbocycles. The Bertz CT molecular complexity index is 1440. The molecule has 0 spiro atoms. The number of fused-ring (bicyclic) bond motifs is 2. The van der Waals surface area contributed by atoms with E-state index in [0.717, 1.165) is 16.7 Å². The van der Waals surface area contributed by atoms with E-state index in [1.165, 1.54) is 6.07 Å². The van der Waals surface area contributed by atoms with Gasteiger partial charge in [-0.05, 0) is 54.6 Å². The van der Waals surface area contributed by atoms with Gasteiger partial charge in [0, 0.05) is 35.1 Å². The molecule has 0 aliphatic heterocycles. The molecule has 0 saturated heterocycles. The van der Waals surface area contributed by atoms with Gasteiger partial charge < -0.3 is 18.9 Å². The molecule has 0 fully saturated rings. The highest BCUT2D eigenvalue weighted by molar-refractivity contribution is 6.05. The number of amides is 1. The molecular weight excluding hydrogens is 394 g/mol. The molecule has 0 aliphatic rings. The van der Waals surface area contributed by atoms with Gasteiger partial charge in [-0.25, -0.2) is 9.78 Å². The third kappa shape index (κ3) is 4.02. The van der Waals surface area contributed by atoms with Crippen molar-refractivity contribution < 1.29 is 13.9 Å². The monoisotopic (exact) mass is 411 g/mol. The molecule has 0 bridgehead atoms. The second kappa shape index (κ2) is 7.79. The zero-order valence-corrected chi connectivity index (χ0v) is 16.3. The van der Waals surface area contributed by atoms with Crippen LogP contribution in [0.2, 0.25) is 0 Å². The summed E-state index contributed by atoms with van der Waals surface area (Å²) in [4.78, 5) is 28.5. The summed E-state index contributed by atoms with van der Waals surface area (Å²) >= 11 is 0. The summed E-state index contributed by atoms with van der Waals surface area (Å²) < 4.78 is 12.9. The van der Waals surface area contributed by atoms with Crippen LogP contribution in [0.1, 0.15) is 16.1 Å². The highest BCUT2D eigenvalue weighted by Gasteiger charge is 2.09. The van der Waals surface area contributed by atoms with Crippen LogP contribution in [0.4, 0.5) is 5.69 Å². The molecule has 5 rings (SSSR count). The lowest BCUT2D eigenvalue weighted by Crippen LogP contribution is -2.12. The topological polar surface area (TPSA) is 85.8 Å². The van der Waals surface area contributed by atoms with Gasteiger partial charge in [-0.2, -0.15) is 0 Å². The fraction of sp³-hybridized carbons (Fsp3) is 0.0417. The summed E-state index contributed by atoms with van der Waals surface area (Å²) in [7, 11) is 0. The van der Waals surface area contributed by atoms with Crippen molar-refractivity contribution in [3.8, 4) is 5.75 Å². The summed E-state index contributed by atoms with van der Waals surface area (Å²) in [6.45, 7) is 0.294. The molecule has 7 heteroatoms. The molecule has 0 aliphatic carbocycles. The van der Waals surface area contributed by atoms with Crippen LogP contribution >= 0.6 is 0 Å². The van der Waals surface area contributed by atoms with Crippen molar-refractivity contribution >= 4 is 28.2 Å². The Labute approximate surface area is 176 Å². The van der Waals surface area contributed by atoms with Crippen LogP contribution in [-0.2, 0) is 6.61 Å². The van der Waals surface area contributed by atoms with Gasteiger partial charge in [0.15, 0.2) is 0 Å². The van der Waals surface area contributed by atoms with E-state index in [1.807, 2.05) is 35.0 Å². The van der Waals surface area contributed by atoms with Crippen LogP contribution in [0.15, 0.2) is 94.4 Å². The molecule has 0 radical (unpaired) electrons. The van der Waals surface area contributed by atoms with E-state index in [2.05, 4.69) is 10.3 Å².